The molecule has 0 spiro atoms. The van der Waals surface area contributed by atoms with Crippen LogP contribution in [0, 0.1) is 0 Å². The van der Waals surface area contributed by atoms with Crippen molar-refractivity contribution in [2.45, 2.75) is 6.92 Å². The summed E-state index contributed by atoms with van der Waals surface area (Å²) in [6.07, 6.45) is 3.03. The molecule has 27 heavy (non-hydrogen) atoms. The number of anilines is 2. The van der Waals surface area contributed by atoms with Crippen molar-refractivity contribution in [1.82, 2.24) is 15.0 Å². The Balaban J connectivity index is 2.04. The van der Waals surface area contributed by atoms with Crippen molar-refractivity contribution in [3.8, 4) is 17.0 Å². The molecule has 2 heterocycles. The fraction of sp³-hybridized carbons (Fsp3) is 0.158. The third-order valence-corrected chi connectivity index (χ3v) is 3.85. The quantitative estimate of drug-likeness (QED) is 0.505. The minimum absolute atomic E-state index is 0.00500. The van der Waals surface area contributed by atoms with Crippen LogP contribution in [-0.4, -0.2) is 34.6 Å². The molecule has 8 heteroatoms. The second-order valence-electron chi connectivity index (χ2n) is 5.35. The highest BCUT2D eigenvalue weighted by molar-refractivity contribution is 6.28. The van der Waals surface area contributed by atoms with E-state index >= 15 is 0 Å². The summed E-state index contributed by atoms with van der Waals surface area (Å²) < 4.78 is 10.6. The van der Waals surface area contributed by atoms with E-state index in [9.17, 15) is 4.79 Å². The van der Waals surface area contributed by atoms with Crippen molar-refractivity contribution in [2.24, 2.45) is 0 Å². The number of pyridine rings is 1. The molecule has 0 atom stereocenters. The van der Waals surface area contributed by atoms with Gasteiger partial charge >= 0.3 is 5.97 Å². The van der Waals surface area contributed by atoms with E-state index in [1.807, 2.05) is 30.3 Å². The van der Waals surface area contributed by atoms with Crippen molar-refractivity contribution in [2.75, 3.05) is 19.0 Å². The topological polar surface area (TPSA) is 86.2 Å². The summed E-state index contributed by atoms with van der Waals surface area (Å²) in [5.74, 6) is 0.238. The molecule has 0 saturated heterocycles. The van der Waals surface area contributed by atoms with Gasteiger partial charge in [0.2, 0.25) is 5.28 Å². The van der Waals surface area contributed by atoms with Gasteiger partial charge in [-0.2, -0.15) is 4.98 Å². The number of hydrogen-bond donors (Lipinski definition) is 1. The zero-order valence-corrected chi connectivity index (χ0v) is 15.5. The van der Waals surface area contributed by atoms with Crippen molar-refractivity contribution >= 4 is 29.1 Å². The third kappa shape index (κ3) is 4.15. The molecule has 3 aromatic rings. The van der Waals surface area contributed by atoms with Crippen LogP contribution in [-0.2, 0) is 4.74 Å². The standard InChI is InChI=1S/C19H17ClN4O3/c1-3-27-18(25)13-11-22-19(20)24-17(13)23-15-9-6-7-12(16(15)26-2)14-8-4-5-10-21-14/h4-11H,3H2,1-2H3,(H,22,23,24). The van der Waals surface area contributed by atoms with Crippen LogP contribution in [0.25, 0.3) is 11.3 Å². The number of carbonyl (C=O) groups is 1. The lowest BCUT2D eigenvalue weighted by Crippen LogP contribution is -2.10. The van der Waals surface area contributed by atoms with Gasteiger partial charge in [-0.1, -0.05) is 12.1 Å². The summed E-state index contributed by atoms with van der Waals surface area (Å²) in [6, 6.07) is 11.2. The molecular weight excluding hydrogens is 368 g/mol. The number of ether oxygens (including phenoxy) is 2. The molecular formula is C19H17ClN4O3. The van der Waals surface area contributed by atoms with Crippen LogP contribution >= 0.6 is 11.6 Å². The molecule has 3 rings (SSSR count). The van der Waals surface area contributed by atoms with Gasteiger partial charge in [-0.3, -0.25) is 4.98 Å². The Bertz CT molecular complexity index is 951. The number of para-hydroxylation sites is 1. The van der Waals surface area contributed by atoms with Crippen LogP contribution in [0.3, 0.4) is 0 Å². The number of hydrogen-bond acceptors (Lipinski definition) is 7. The minimum Gasteiger partial charge on any atom is -0.494 e. The summed E-state index contributed by atoms with van der Waals surface area (Å²) in [5.41, 5.74) is 2.32. The number of benzene rings is 1. The number of halogens is 1. The van der Waals surface area contributed by atoms with Gasteiger partial charge in [0.15, 0.2) is 5.75 Å². The van der Waals surface area contributed by atoms with Gasteiger partial charge in [0.25, 0.3) is 0 Å². The first-order valence-electron chi connectivity index (χ1n) is 8.19. The van der Waals surface area contributed by atoms with Crippen LogP contribution in [0.4, 0.5) is 11.5 Å². The van der Waals surface area contributed by atoms with E-state index in [0.29, 0.717) is 11.4 Å². The lowest BCUT2D eigenvalue weighted by Gasteiger charge is -2.16. The zero-order valence-electron chi connectivity index (χ0n) is 14.8. The molecule has 0 aliphatic rings. The van der Waals surface area contributed by atoms with Crippen LogP contribution in [0.2, 0.25) is 5.28 Å². The van der Waals surface area contributed by atoms with Gasteiger partial charge in [0, 0.05) is 18.0 Å². The maximum Gasteiger partial charge on any atom is 0.343 e. The molecule has 0 saturated carbocycles. The second-order valence-corrected chi connectivity index (χ2v) is 5.69. The normalized spacial score (nSPS) is 10.3. The molecule has 1 N–H and O–H groups in total. The SMILES string of the molecule is CCOC(=O)c1cnc(Cl)nc1Nc1cccc(-c2ccccn2)c1OC. The first-order chi connectivity index (χ1) is 13.1. The van der Waals surface area contributed by atoms with Gasteiger partial charge in [-0.25, -0.2) is 9.78 Å². The Morgan fingerprint density at radius 1 is 1.19 bits per heavy atom. The van der Waals surface area contributed by atoms with Gasteiger partial charge in [0.05, 0.1) is 25.1 Å². The first kappa shape index (κ1) is 18.6. The molecule has 0 aliphatic heterocycles. The fourth-order valence-electron chi connectivity index (χ4n) is 2.52. The van der Waals surface area contributed by atoms with Gasteiger partial charge < -0.3 is 14.8 Å². The molecule has 138 valence electrons. The van der Waals surface area contributed by atoms with Crippen LogP contribution in [0.1, 0.15) is 17.3 Å². The van der Waals surface area contributed by atoms with Gasteiger partial charge in [-0.05, 0) is 42.8 Å². The van der Waals surface area contributed by atoms with E-state index in [-0.39, 0.29) is 23.3 Å². The molecule has 1 aromatic carbocycles. The Morgan fingerprint density at radius 3 is 2.74 bits per heavy atom. The highest BCUT2D eigenvalue weighted by Gasteiger charge is 2.18. The van der Waals surface area contributed by atoms with Crippen molar-refractivity contribution in [3.05, 3.63) is 59.6 Å². The average molecular weight is 385 g/mol. The average Bonchev–Trinajstić information content (AvgIpc) is 2.68. The van der Waals surface area contributed by atoms with E-state index in [0.717, 1.165) is 11.3 Å². The highest BCUT2D eigenvalue weighted by atomic mass is 35.5. The number of methoxy groups -OCH3 is 1. The summed E-state index contributed by atoms with van der Waals surface area (Å²) in [4.78, 5) is 24.5. The van der Waals surface area contributed by atoms with Gasteiger partial charge in [0.1, 0.15) is 11.4 Å². The number of carbonyl (C=O) groups excluding carboxylic acids is 1. The van der Waals surface area contributed by atoms with Gasteiger partial charge in [-0.15, -0.1) is 0 Å². The second kappa shape index (κ2) is 8.46. The predicted octanol–water partition coefficient (Wildman–Crippen LogP) is 4.12. The number of nitrogens with one attached hydrogen (secondary N) is 1. The molecule has 0 fully saturated rings. The van der Waals surface area contributed by atoms with Crippen molar-refractivity contribution < 1.29 is 14.3 Å². The van der Waals surface area contributed by atoms with Crippen molar-refractivity contribution in [1.29, 1.82) is 0 Å². The third-order valence-electron chi connectivity index (χ3n) is 3.67. The molecule has 0 amide bonds. The van der Waals surface area contributed by atoms with E-state index < -0.39 is 5.97 Å². The number of nitrogens with zero attached hydrogens (tertiary/aromatic N) is 3. The molecule has 0 bridgehead atoms. The van der Waals surface area contributed by atoms with Crippen LogP contribution in [0.5, 0.6) is 5.75 Å². The molecule has 0 aliphatic carbocycles. The summed E-state index contributed by atoms with van der Waals surface area (Å²) in [7, 11) is 1.56. The predicted molar refractivity (Wildman–Crippen MR) is 103 cm³/mol. The monoisotopic (exact) mass is 384 g/mol. The smallest absolute Gasteiger partial charge is 0.343 e. The number of aromatic nitrogens is 3. The Labute approximate surface area is 161 Å². The van der Waals surface area contributed by atoms with E-state index in [2.05, 4.69) is 20.3 Å². The molecule has 2 aromatic heterocycles. The van der Waals surface area contributed by atoms with E-state index in [1.165, 1.54) is 6.20 Å². The molecule has 0 unspecified atom stereocenters. The molecule has 0 radical (unpaired) electrons. The maximum atomic E-state index is 12.2. The highest BCUT2D eigenvalue weighted by Crippen LogP contribution is 2.37. The Kier molecular flexibility index (Phi) is 5.83. The van der Waals surface area contributed by atoms with E-state index in [1.54, 1.807) is 26.3 Å². The Morgan fingerprint density at radius 2 is 2.04 bits per heavy atom. The Hall–Kier alpha value is -3.19. The lowest BCUT2D eigenvalue weighted by atomic mass is 10.1. The number of rotatable bonds is 6. The maximum absolute atomic E-state index is 12.2. The summed E-state index contributed by atoms with van der Waals surface area (Å²) in [6.45, 7) is 1.96. The summed E-state index contributed by atoms with van der Waals surface area (Å²) in [5, 5.41) is 3.10. The number of esters is 1. The minimum atomic E-state index is -0.545. The van der Waals surface area contributed by atoms with Crippen LogP contribution < -0.4 is 10.1 Å². The largest absolute Gasteiger partial charge is 0.494 e. The molecule has 7 nitrogen and oxygen atoms in total. The fourth-order valence-corrected chi connectivity index (χ4v) is 2.65. The zero-order chi connectivity index (χ0) is 19.2. The lowest BCUT2D eigenvalue weighted by molar-refractivity contribution is 0.0526. The summed E-state index contributed by atoms with van der Waals surface area (Å²) >= 11 is 5.91. The van der Waals surface area contributed by atoms with Crippen molar-refractivity contribution in [3.63, 3.8) is 0 Å². The first-order valence-corrected chi connectivity index (χ1v) is 8.57. The van der Waals surface area contributed by atoms with Crippen LogP contribution in [0.15, 0.2) is 48.8 Å². The van der Waals surface area contributed by atoms with E-state index in [4.69, 9.17) is 21.1 Å².